The lowest BCUT2D eigenvalue weighted by Gasteiger charge is -2.09. The summed E-state index contributed by atoms with van der Waals surface area (Å²) in [6, 6.07) is 7.28. The van der Waals surface area contributed by atoms with Gasteiger partial charge in [-0.1, -0.05) is 0 Å². The number of hydrogen-bond donors (Lipinski definition) is 1. The van der Waals surface area contributed by atoms with Gasteiger partial charge in [0.2, 0.25) is 0 Å². The molecule has 106 valence electrons. The van der Waals surface area contributed by atoms with Crippen LogP contribution in [0.15, 0.2) is 46.1 Å². The molecule has 1 N–H and O–H groups in total. The molecule has 0 bridgehead atoms. The van der Waals surface area contributed by atoms with Crippen LogP contribution >= 0.6 is 0 Å². The van der Waals surface area contributed by atoms with Gasteiger partial charge < -0.3 is 9.88 Å². The molecule has 1 aromatic carbocycles. The van der Waals surface area contributed by atoms with Crippen molar-refractivity contribution in [2.75, 3.05) is 11.9 Å². The molecule has 20 heavy (non-hydrogen) atoms. The highest BCUT2D eigenvalue weighted by Gasteiger charge is 2.03. The molecular formula is C14H16FN3O2. The van der Waals surface area contributed by atoms with Crippen LogP contribution in [0, 0.1) is 5.82 Å². The van der Waals surface area contributed by atoms with Gasteiger partial charge in [-0.15, -0.1) is 0 Å². The van der Waals surface area contributed by atoms with Gasteiger partial charge >= 0.3 is 5.69 Å². The molecule has 0 aliphatic carbocycles. The number of hydrogen-bond acceptors (Lipinski definition) is 3. The zero-order chi connectivity index (χ0) is 14.5. The van der Waals surface area contributed by atoms with E-state index < -0.39 is 0 Å². The molecule has 1 aromatic heterocycles. The van der Waals surface area contributed by atoms with Gasteiger partial charge in [0, 0.05) is 37.6 Å². The van der Waals surface area contributed by atoms with Gasteiger partial charge in [0.05, 0.1) is 0 Å². The van der Waals surface area contributed by atoms with Gasteiger partial charge in [0.1, 0.15) is 5.82 Å². The largest absolute Gasteiger partial charge is 0.383 e. The summed E-state index contributed by atoms with van der Waals surface area (Å²) in [7, 11) is 0. The van der Waals surface area contributed by atoms with Crippen molar-refractivity contribution in [1.29, 1.82) is 0 Å². The zero-order valence-corrected chi connectivity index (χ0v) is 11.2. The molecule has 0 fully saturated rings. The smallest absolute Gasteiger partial charge is 0.331 e. The van der Waals surface area contributed by atoms with Gasteiger partial charge in [-0.05, 0) is 31.2 Å². The number of benzene rings is 1. The number of rotatable bonds is 5. The summed E-state index contributed by atoms with van der Waals surface area (Å²) in [5.74, 6) is -0.305. The van der Waals surface area contributed by atoms with Gasteiger partial charge in [-0.3, -0.25) is 9.36 Å². The van der Waals surface area contributed by atoms with Crippen LogP contribution in [0.5, 0.6) is 0 Å². The number of halogens is 1. The summed E-state index contributed by atoms with van der Waals surface area (Å²) in [5, 5.41) is 3.04. The predicted molar refractivity (Wildman–Crippen MR) is 75.5 cm³/mol. The number of anilines is 1. The molecule has 0 saturated carbocycles. The van der Waals surface area contributed by atoms with E-state index in [1.54, 1.807) is 12.1 Å². The van der Waals surface area contributed by atoms with E-state index in [1.807, 2.05) is 6.92 Å². The molecule has 6 heteroatoms. The summed E-state index contributed by atoms with van der Waals surface area (Å²) in [5.41, 5.74) is 0.104. The topological polar surface area (TPSA) is 56.0 Å². The second kappa shape index (κ2) is 6.18. The summed E-state index contributed by atoms with van der Waals surface area (Å²) in [4.78, 5) is 23.6. The lowest BCUT2D eigenvalue weighted by atomic mass is 10.3. The van der Waals surface area contributed by atoms with E-state index in [4.69, 9.17) is 0 Å². The van der Waals surface area contributed by atoms with Crippen molar-refractivity contribution < 1.29 is 4.39 Å². The minimum absolute atomic E-state index is 0.260. The third-order valence-electron chi connectivity index (χ3n) is 2.99. The van der Waals surface area contributed by atoms with Crippen LogP contribution in [0.1, 0.15) is 6.92 Å². The Bertz CT molecular complexity index is 689. The van der Waals surface area contributed by atoms with Crippen molar-refractivity contribution in [3.8, 4) is 0 Å². The average Bonchev–Trinajstić information content (AvgIpc) is 2.44. The summed E-state index contributed by atoms with van der Waals surface area (Å²) >= 11 is 0. The van der Waals surface area contributed by atoms with Crippen LogP contribution < -0.4 is 16.6 Å². The molecule has 0 aliphatic rings. The lowest BCUT2D eigenvalue weighted by molar-refractivity contribution is 0.577. The first-order valence-corrected chi connectivity index (χ1v) is 6.41. The van der Waals surface area contributed by atoms with Crippen LogP contribution in [-0.2, 0) is 13.1 Å². The first-order valence-electron chi connectivity index (χ1n) is 6.41. The molecule has 0 spiro atoms. The molecule has 0 unspecified atom stereocenters. The Morgan fingerprint density at radius 2 is 1.85 bits per heavy atom. The van der Waals surface area contributed by atoms with Crippen LogP contribution in [0.4, 0.5) is 10.1 Å². The van der Waals surface area contributed by atoms with E-state index in [-0.39, 0.29) is 23.6 Å². The first kappa shape index (κ1) is 14.0. The van der Waals surface area contributed by atoms with E-state index in [0.717, 1.165) is 5.69 Å². The standard InChI is InChI=1S/C14H16FN3O2/c1-2-17-9-7-13(19)18(14(17)20)10-8-16-12-5-3-11(15)4-6-12/h3-7,9,16H,2,8,10H2,1H3. The zero-order valence-electron chi connectivity index (χ0n) is 11.2. The van der Waals surface area contributed by atoms with Gasteiger partial charge in [-0.25, -0.2) is 9.18 Å². The van der Waals surface area contributed by atoms with E-state index in [0.29, 0.717) is 13.1 Å². The average molecular weight is 277 g/mol. The Morgan fingerprint density at radius 3 is 2.50 bits per heavy atom. The predicted octanol–water partition coefficient (Wildman–Crippen LogP) is 1.28. The highest BCUT2D eigenvalue weighted by atomic mass is 19.1. The molecule has 0 amide bonds. The third-order valence-corrected chi connectivity index (χ3v) is 2.99. The maximum absolute atomic E-state index is 12.7. The summed E-state index contributed by atoms with van der Waals surface area (Å²) in [6.07, 6.45) is 1.49. The lowest BCUT2D eigenvalue weighted by Crippen LogP contribution is -2.40. The highest BCUT2D eigenvalue weighted by molar-refractivity contribution is 5.42. The fourth-order valence-electron chi connectivity index (χ4n) is 1.88. The molecule has 0 radical (unpaired) electrons. The van der Waals surface area contributed by atoms with E-state index in [1.165, 1.54) is 33.5 Å². The maximum atomic E-state index is 12.7. The highest BCUT2D eigenvalue weighted by Crippen LogP contribution is 2.07. The Balaban J connectivity index is 2.06. The fourth-order valence-corrected chi connectivity index (χ4v) is 1.88. The maximum Gasteiger partial charge on any atom is 0.331 e. The molecule has 2 rings (SSSR count). The van der Waals surface area contributed by atoms with Crippen molar-refractivity contribution >= 4 is 5.69 Å². The van der Waals surface area contributed by atoms with Crippen LogP contribution in [0.25, 0.3) is 0 Å². The quantitative estimate of drug-likeness (QED) is 0.895. The number of aromatic nitrogens is 2. The molecule has 5 nitrogen and oxygen atoms in total. The normalized spacial score (nSPS) is 10.5. The Kier molecular flexibility index (Phi) is 4.34. The minimum atomic E-state index is -0.319. The Hall–Kier alpha value is -2.37. The van der Waals surface area contributed by atoms with Crippen LogP contribution in [0.3, 0.4) is 0 Å². The molecule has 2 aromatic rings. The van der Waals surface area contributed by atoms with Crippen LogP contribution in [0.2, 0.25) is 0 Å². The van der Waals surface area contributed by atoms with Gasteiger partial charge in [-0.2, -0.15) is 0 Å². The monoisotopic (exact) mass is 277 g/mol. The summed E-state index contributed by atoms with van der Waals surface area (Å²) < 4.78 is 15.4. The Morgan fingerprint density at radius 1 is 1.15 bits per heavy atom. The molecule has 1 heterocycles. The molecule has 0 atom stereocenters. The fraction of sp³-hybridized carbons (Fsp3) is 0.286. The van der Waals surface area contributed by atoms with Crippen molar-refractivity contribution in [1.82, 2.24) is 9.13 Å². The Labute approximate surface area is 115 Å². The summed E-state index contributed by atoms with van der Waals surface area (Å²) in [6.45, 7) is 3.03. The molecule has 0 saturated heterocycles. The number of nitrogens with one attached hydrogen (secondary N) is 1. The minimum Gasteiger partial charge on any atom is -0.383 e. The van der Waals surface area contributed by atoms with E-state index >= 15 is 0 Å². The number of nitrogens with zero attached hydrogens (tertiary/aromatic N) is 2. The van der Waals surface area contributed by atoms with E-state index in [9.17, 15) is 14.0 Å². The number of aryl methyl sites for hydroxylation is 1. The molecular weight excluding hydrogens is 261 g/mol. The second-order valence-electron chi connectivity index (χ2n) is 4.31. The second-order valence-corrected chi connectivity index (χ2v) is 4.31. The van der Waals surface area contributed by atoms with Gasteiger partial charge in [0.25, 0.3) is 5.56 Å². The first-order chi connectivity index (χ1) is 9.61. The molecule has 0 aliphatic heterocycles. The van der Waals surface area contributed by atoms with Crippen molar-refractivity contribution in [3.05, 3.63) is 63.2 Å². The van der Waals surface area contributed by atoms with Crippen molar-refractivity contribution in [3.63, 3.8) is 0 Å². The van der Waals surface area contributed by atoms with Crippen molar-refractivity contribution in [2.45, 2.75) is 20.0 Å². The third kappa shape index (κ3) is 3.14. The van der Waals surface area contributed by atoms with E-state index in [2.05, 4.69) is 5.32 Å². The van der Waals surface area contributed by atoms with Gasteiger partial charge in [0.15, 0.2) is 0 Å². The van der Waals surface area contributed by atoms with Crippen molar-refractivity contribution in [2.24, 2.45) is 0 Å². The van der Waals surface area contributed by atoms with Crippen LogP contribution in [-0.4, -0.2) is 15.7 Å². The SMILES string of the molecule is CCn1ccc(=O)n(CCNc2ccc(F)cc2)c1=O.